The van der Waals surface area contributed by atoms with Crippen LogP contribution in [0.5, 0.6) is 5.75 Å². The highest BCUT2D eigenvalue weighted by Crippen LogP contribution is 2.27. The molecule has 0 saturated heterocycles. The predicted octanol–water partition coefficient (Wildman–Crippen LogP) is 3.02. The topological polar surface area (TPSA) is 45.0 Å². The van der Waals surface area contributed by atoms with E-state index in [1.54, 1.807) is 7.11 Å². The van der Waals surface area contributed by atoms with Crippen LogP contribution in [0.15, 0.2) is 22.7 Å². The van der Waals surface area contributed by atoms with E-state index in [9.17, 15) is 0 Å². The summed E-state index contributed by atoms with van der Waals surface area (Å²) in [6, 6.07) is 7.66. The molecule has 0 fully saturated rings. The Hall–Kier alpha value is -1.05. The van der Waals surface area contributed by atoms with E-state index >= 15 is 0 Å². The Labute approximate surface area is 105 Å². The monoisotopic (exact) mass is 282 g/mol. The van der Waals surface area contributed by atoms with Crippen LogP contribution in [0.25, 0.3) is 0 Å². The van der Waals surface area contributed by atoms with Crippen LogP contribution in [0.4, 0.5) is 0 Å². The van der Waals surface area contributed by atoms with E-state index in [0.717, 1.165) is 28.8 Å². The van der Waals surface area contributed by atoms with Crippen LogP contribution in [0, 0.1) is 11.3 Å². The molecule has 0 heterocycles. The first-order valence-electron chi connectivity index (χ1n) is 5.19. The Morgan fingerprint density at radius 3 is 2.81 bits per heavy atom. The van der Waals surface area contributed by atoms with Crippen LogP contribution >= 0.6 is 15.9 Å². The Balaban J connectivity index is 2.86. The second-order valence-electron chi connectivity index (χ2n) is 3.41. The highest BCUT2D eigenvalue weighted by molar-refractivity contribution is 9.10. The van der Waals surface area contributed by atoms with E-state index in [2.05, 4.69) is 34.2 Å². The molecule has 1 rings (SSSR count). The summed E-state index contributed by atoms with van der Waals surface area (Å²) in [6.07, 6.45) is 1.01. The van der Waals surface area contributed by atoms with Gasteiger partial charge in [-0.3, -0.25) is 5.32 Å². The van der Waals surface area contributed by atoms with Crippen LogP contribution < -0.4 is 10.1 Å². The molecule has 0 bridgehead atoms. The molecule has 1 aromatic carbocycles. The molecule has 0 aliphatic carbocycles. The molecular formula is C12H15BrN2O. The molecule has 0 radical (unpaired) electrons. The standard InChI is InChI=1S/C12H15BrN2O/c1-3-6-15-11(8-14)9-4-5-12(16-2)10(13)7-9/h4-5,7,11,15H,3,6H2,1-2H3. The SMILES string of the molecule is CCCNC(C#N)c1ccc(OC)c(Br)c1. The van der Waals surface area contributed by atoms with E-state index in [4.69, 9.17) is 10.00 Å². The lowest BCUT2D eigenvalue weighted by Crippen LogP contribution is -2.20. The van der Waals surface area contributed by atoms with Gasteiger partial charge in [-0.1, -0.05) is 13.0 Å². The van der Waals surface area contributed by atoms with Crippen LogP contribution in [0.1, 0.15) is 24.9 Å². The summed E-state index contributed by atoms with van der Waals surface area (Å²) in [5.41, 5.74) is 0.948. The van der Waals surface area contributed by atoms with Crippen molar-refractivity contribution in [2.24, 2.45) is 0 Å². The third-order valence-electron chi connectivity index (χ3n) is 2.24. The summed E-state index contributed by atoms with van der Waals surface area (Å²) >= 11 is 3.41. The van der Waals surface area contributed by atoms with Crippen molar-refractivity contribution in [3.63, 3.8) is 0 Å². The highest BCUT2D eigenvalue weighted by atomic mass is 79.9. The summed E-state index contributed by atoms with van der Waals surface area (Å²) in [5, 5.41) is 12.2. The van der Waals surface area contributed by atoms with Crippen molar-refractivity contribution in [3.8, 4) is 11.8 Å². The Kier molecular flexibility index (Phi) is 5.30. The number of hydrogen-bond donors (Lipinski definition) is 1. The molecule has 1 atom stereocenters. The van der Waals surface area contributed by atoms with Gasteiger partial charge in [0.2, 0.25) is 0 Å². The van der Waals surface area contributed by atoms with E-state index in [1.165, 1.54) is 0 Å². The summed E-state index contributed by atoms with van der Waals surface area (Å²) < 4.78 is 6.01. The normalized spacial score (nSPS) is 11.9. The van der Waals surface area contributed by atoms with Gasteiger partial charge in [0, 0.05) is 0 Å². The van der Waals surface area contributed by atoms with Gasteiger partial charge in [-0.25, -0.2) is 0 Å². The van der Waals surface area contributed by atoms with Gasteiger partial charge >= 0.3 is 0 Å². The molecular weight excluding hydrogens is 268 g/mol. The van der Waals surface area contributed by atoms with E-state index < -0.39 is 0 Å². The van der Waals surface area contributed by atoms with Gasteiger partial charge < -0.3 is 4.74 Å². The number of nitrogens with one attached hydrogen (secondary N) is 1. The van der Waals surface area contributed by atoms with Gasteiger partial charge in [-0.2, -0.15) is 5.26 Å². The van der Waals surface area contributed by atoms with Crippen LogP contribution in [0.2, 0.25) is 0 Å². The van der Waals surface area contributed by atoms with Gasteiger partial charge in [0.15, 0.2) is 0 Å². The van der Waals surface area contributed by atoms with Crippen molar-refractivity contribution in [1.29, 1.82) is 5.26 Å². The van der Waals surface area contributed by atoms with Gasteiger partial charge in [-0.15, -0.1) is 0 Å². The largest absolute Gasteiger partial charge is 0.496 e. The molecule has 0 aromatic heterocycles. The lowest BCUT2D eigenvalue weighted by atomic mass is 10.1. The van der Waals surface area contributed by atoms with Crippen LogP contribution in [-0.4, -0.2) is 13.7 Å². The summed E-state index contributed by atoms with van der Waals surface area (Å²) in [7, 11) is 1.62. The maximum Gasteiger partial charge on any atom is 0.133 e. The van der Waals surface area contributed by atoms with Gasteiger partial charge in [0.1, 0.15) is 11.8 Å². The van der Waals surface area contributed by atoms with Crippen LogP contribution in [0.3, 0.4) is 0 Å². The predicted molar refractivity (Wildman–Crippen MR) is 67.3 cm³/mol. The molecule has 0 spiro atoms. The third kappa shape index (κ3) is 3.22. The van der Waals surface area contributed by atoms with Crippen molar-refractivity contribution < 1.29 is 4.74 Å². The Bertz CT molecular complexity index is 387. The number of methoxy groups -OCH3 is 1. The smallest absolute Gasteiger partial charge is 0.133 e. The molecule has 1 unspecified atom stereocenters. The second-order valence-corrected chi connectivity index (χ2v) is 4.26. The number of nitrogens with zero attached hydrogens (tertiary/aromatic N) is 1. The van der Waals surface area contributed by atoms with E-state index in [-0.39, 0.29) is 6.04 Å². The minimum Gasteiger partial charge on any atom is -0.496 e. The fourth-order valence-corrected chi connectivity index (χ4v) is 1.95. The van der Waals surface area contributed by atoms with Gasteiger partial charge in [-0.05, 0) is 46.6 Å². The number of nitriles is 1. The average molecular weight is 283 g/mol. The fraction of sp³-hybridized carbons (Fsp3) is 0.417. The van der Waals surface area contributed by atoms with Crippen molar-refractivity contribution in [2.45, 2.75) is 19.4 Å². The first kappa shape index (κ1) is 13.0. The molecule has 1 aromatic rings. The first-order chi connectivity index (χ1) is 7.72. The van der Waals surface area contributed by atoms with Crippen molar-refractivity contribution in [1.82, 2.24) is 5.32 Å². The lowest BCUT2D eigenvalue weighted by Gasteiger charge is -2.12. The number of rotatable bonds is 5. The van der Waals surface area contributed by atoms with E-state index in [0.29, 0.717) is 0 Å². The summed E-state index contributed by atoms with van der Waals surface area (Å²) in [6.45, 7) is 2.91. The lowest BCUT2D eigenvalue weighted by molar-refractivity contribution is 0.412. The third-order valence-corrected chi connectivity index (χ3v) is 2.86. The van der Waals surface area contributed by atoms with Crippen molar-refractivity contribution in [2.75, 3.05) is 13.7 Å². The minimum absolute atomic E-state index is 0.262. The average Bonchev–Trinajstić information content (AvgIpc) is 2.30. The van der Waals surface area contributed by atoms with Crippen molar-refractivity contribution >= 4 is 15.9 Å². The zero-order chi connectivity index (χ0) is 12.0. The molecule has 0 aliphatic rings. The van der Waals surface area contributed by atoms with Crippen LogP contribution in [-0.2, 0) is 0 Å². The molecule has 4 heteroatoms. The molecule has 0 saturated carbocycles. The van der Waals surface area contributed by atoms with Crippen molar-refractivity contribution in [3.05, 3.63) is 28.2 Å². The Morgan fingerprint density at radius 1 is 1.56 bits per heavy atom. The zero-order valence-electron chi connectivity index (χ0n) is 9.46. The second kappa shape index (κ2) is 6.51. The molecule has 1 N–H and O–H groups in total. The number of halogens is 1. The highest BCUT2D eigenvalue weighted by Gasteiger charge is 2.11. The first-order valence-corrected chi connectivity index (χ1v) is 5.98. The fourth-order valence-electron chi connectivity index (χ4n) is 1.39. The Morgan fingerprint density at radius 2 is 2.31 bits per heavy atom. The molecule has 0 amide bonds. The minimum atomic E-state index is -0.262. The molecule has 86 valence electrons. The van der Waals surface area contributed by atoms with Gasteiger partial charge in [0.25, 0.3) is 0 Å². The number of benzene rings is 1. The molecule has 0 aliphatic heterocycles. The molecule has 3 nitrogen and oxygen atoms in total. The summed E-state index contributed by atoms with van der Waals surface area (Å²) in [5.74, 6) is 0.774. The quantitative estimate of drug-likeness (QED) is 0.903. The maximum absolute atomic E-state index is 9.06. The molecule has 16 heavy (non-hydrogen) atoms. The maximum atomic E-state index is 9.06. The zero-order valence-corrected chi connectivity index (χ0v) is 11.0. The summed E-state index contributed by atoms with van der Waals surface area (Å²) in [4.78, 5) is 0. The van der Waals surface area contributed by atoms with E-state index in [1.807, 2.05) is 18.2 Å². The number of ether oxygens (including phenoxy) is 1. The number of hydrogen-bond acceptors (Lipinski definition) is 3. The van der Waals surface area contributed by atoms with Gasteiger partial charge in [0.05, 0.1) is 17.7 Å².